The van der Waals surface area contributed by atoms with Gasteiger partial charge in [-0.3, -0.25) is 0 Å². The minimum atomic E-state index is -0.938. The molecule has 1 aromatic heterocycles. The Kier molecular flexibility index (Phi) is 3.61. The van der Waals surface area contributed by atoms with Gasteiger partial charge in [0, 0.05) is 15.7 Å². The van der Waals surface area contributed by atoms with E-state index in [1.54, 1.807) is 0 Å². The van der Waals surface area contributed by atoms with Crippen molar-refractivity contribution in [3.05, 3.63) is 45.2 Å². The zero-order valence-electron chi connectivity index (χ0n) is 12.1. The average Bonchev–Trinajstić information content (AvgIpc) is 2.80. The number of halogens is 1. The van der Waals surface area contributed by atoms with Gasteiger partial charge < -0.3 is 5.11 Å². The Bertz CT molecular complexity index is 721. The van der Waals surface area contributed by atoms with Gasteiger partial charge in [-0.1, -0.05) is 28.9 Å². The summed E-state index contributed by atoms with van der Waals surface area (Å²) in [6.07, 6.45) is 2.75. The van der Waals surface area contributed by atoms with Gasteiger partial charge in [0.1, 0.15) is 0 Å². The summed E-state index contributed by atoms with van der Waals surface area (Å²) in [4.78, 5) is 11.5. The Labute approximate surface area is 131 Å². The van der Waals surface area contributed by atoms with Crippen LogP contribution in [0.3, 0.4) is 0 Å². The zero-order valence-corrected chi connectivity index (χ0v) is 13.6. The van der Waals surface area contributed by atoms with Crippen LogP contribution >= 0.6 is 15.9 Å². The molecule has 1 unspecified atom stereocenters. The molecule has 0 saturated carbocycles. The summed E-state index contributed by atoms with van der Waals surface area (Å²) in [5, 5.41) is 13.8. The molecule has 1 atom stereocenters. The second-order valence-corrected chi connectivity index (χ2v) is 6.69. The van der Waals surface area contributed by atoms with E-state index in [2.05, 4.69) is 28.0 Å². The molecule has 0 bridgehead atoms. The fourth-order valence-corrected chi connectivity index (χ4v) is 3.32. The highest BCUT2D eigenvalue weighted by atomic mass is 79.9. The number of carboxylic acid groups (broad SMARTS) is 1. The molecule has 2 aromatic rings. The Morgan fingerprint density at radius 3 is 2.95 bits per heavy atom. The van der Waals surface area contributed by atoms with E-state index >= 15 is 0 Å². The normalized spacial score (nSPS) is 17.6. The van der Waals surface area contributed by atoms with Crippen LogP contribution in [0.2, 0.25) is 0 Å². The summed E-state index contributed by atoms with van der Waals surface area (Å²) in [5.74, 6) is -0.427. The quantitative estimate of drug-likeness (QED) is 0.898. The lowest BCUT2D eigenvalue weighted by Gasteiger charge is -2.20. The summed E-state index contributed by atoms with van der Waals surface area (Å²) >= 11 is 3.48. The smallest absolute Gasteiger partial charge is 0.356 e. The van der Waals surface area contributed by atoms with Gasteiger partial charge in [0.05, 0.1) is 5.69 Å². The van der Waals surface area contributed by atoms with E-state index in [0.29, 0.717) is 5.92 Å². The van der Waals surface area contributed by atoms with Crippen LogP contribution in [0.1, 0.15) is 40.7 Å². The van der Waals surface area contributed by atoms with Crippen LogP contribution in [0.4, 0.5) is 0 Å². The van der Waals surface area contributed by atoms with Crippen LogP contribution in [-0.2, 0) is 12.8 Å². The molecule has 1 aliphatic rings. The first kappa shape index (κ1) is 14.3. The van der Waals surface area contributed by atoms with Crippen molar-refractivity contribution in [1.29, 1.82) is 0 Å². The lowest BCUT2D eigenvalue weighted by Crippen LogP contribution is -2.15. The van der Waals surface area contributed by atoms with E-state index in [1.807, 2.05) is 29.8 Å². The van der Waals surface area contributed by atoms with Crippen molar-refractivity contribution in [1.82, 2.24) is 9.78 Å². The molecular weight excluding hydrogens is 332 g/mol. The van der Waals surface area contributed by atoms with Gasteiger partial charge in [0.15, 0.2) is 5.69 Å². The molecule has 0 saturated heterocycles. The second-order valence-electron chi connectivity index (χ2n) is 5.77. The van der Waals surface area contributed by atoms with Crippen LogP contribution < -0.4 is 0 Å². The first-order valence-electron chi connectivity index (χ1n) is 7.08. The third-order valence-corrected chi connectivity index (χ3v) is 4.61. The standard InChI is InChI=1S/C16H17BrN2O2/c1-9-3-6-13-12(7-9)15(16(20)21)18-19(13)14-8-11(17)5-4-10(14)2/h4-5,8-9H,3,6-7H2,1-2H3,(H,20,21). The largest absolute Gasteiger partial charge is 0.476 e. The molecule has 0 amide bonds. The monoisotopic (exact) mass is 348 g/mol. The van der Waals surface area contributed by atoms with Gasteiger partial charge in [0.25, 0.3) is 0 Å². The van der Waals surface area contributed by atoms with Crippen LogP contribution in [-0.4, -0.2) is 20.9 Å². The number of hydrogen-bond acceptors (Lipinski definition) is 2. The number of aromatic nitrogens is 2. The molecule has 1 aliphatic carbocycles. The van der Waals surface area contributed by atoms with Gasteiger partial charge in [-0.05, 0) is 49.8 Å². The van der Waals surface area contributed by atoms with Crippen molar-refractivity contribution in [3.8, 4) is 5.69 Å². The number of nitrogens with zero attached hydrogens (tertiary/aromatic N) is 2. The molecule has 4 nitrogen and oxygen atoms in total. The Balaban J connectivity index is 2.22. The second kappa shape index (κ2) is 5.30. The molecular formula is C16H17BrN2O2. The third kappa shape index (κ3) is 2.50. The average molecular weight is 349 g/mol. The van der Waals surface area contributed by atoms with E-state index < -0.39 is 5.97 Å². The molecule has 1 heterocycles. The van der Waals surface area contributed by atoms with Gasteiger partial charge in [-0.15, -0.1) is 0 Å². The van der Waals surface area contributed by atoms with E-state index in [9.17, 15) is 9.90 Å². The van der Waals surface area contributed by atoms with Crippen molar-refractivity contribution in [2.24, 2.45) is 5.92 Å². The molecule has 0 spiro atoms. The summed E-state index contributed by atoms with van der Waals surface area (Å²) in [6, 6.07) is 5.99. The lowest BCUT2D eigenvalue weighted by atomic mass is 9.87. The molecule has 3 rings (SSSR count). The van der Waals surface area contributed by atoms with Crippen molar-refractivity contribution in [2.45, 2.75) is 33.1 Å². The third-order valence-electron chi connectivity index (χ3n) is 4.12. The molecule has 110 valence electrons. The first-order valence-corrected chi connectivity index (χ1v) is 7.87. The molecule has 0 radical (unpaired) electrons. The topological polar surface area (TPSA) is 55.1 Å². The molecule has 21 heavy (non-hydrogen) atoms. The zero-order chi connectivity index (χ0) is 15.1. The molecule has 5 heteroatoms. The van der Waals surface area contributed by atoms with Crippen LogP contribution in [0.15, 0.2) is 22.7 Å². The van der Waals surface area contributed by atoms with Gasteiger partial charge in [-0.2, -0.15) is 5.10 Å². The highest BCUT2D eigenvalue weighted by Crippen LogP contribution is 2.31. The number of aromatic carboxylic acids is 1. The minimum Gasteiger partial charge on any atom is -0.476 e. The number of hydrogen-bond donors (Lipinski definition) is 1. The maximum absolute atomic E-state index is 11.5. The van der Waals surface area contributed by atoms with Crippen molar-refractivity contribution in [3.63, 3.8) is 0 Å². The van der Waals surface area contributed by atoms with Crippen LogP contribution in [0.5, 0.6) is 0 Å². The molecule has 0 aliphatic heterocycles. The number of carbonyl (C=O) groups is 1. The summed E-state index contributed by atoms with van der Waals surface area (Å²) in [5.41, 5.74) is 4.19. The first-order chi connectivity index (χ1) is 9.97. The van der Waals surface area contributed by atoms with Crippen LogP contribution in [0, 0.1) is 12.8 Å². The number of rotatable bonds is 2. The SMILES string of the molecule is Cc1ccc(Br)cc1-n1nc(C(=O)O)c2c1CCC(C)C2. The number of aryl methyl sites for hydroxylation is 1. The van der Waals surface area contributed by atoms with Gasteiger partial charge in [0.2, 0.25) is 0 Å². The number of benzene rings is 1. The summed E-state index contributed by atoms with van der Waals surface area (Å²) in [7, 11) is 0. The lowest BCUT2D eigenvalue weighted by molar-refractivity contribution is 0.0688. The minimum absolute atomic E-state index is 0.205. The number of carboxylic acids is 1. The molecule has 1 N–H and O–H groups in total. The van der Waals surface area contributed by atoms with Crippen molar-refractivity contribution >= 4 is 21.9 Å². The predicted molar refractivity (Wildman–Crippen MR) is 84.1 cm³/mol. The summed E-state index contributed by atoms with van der Waals surface area (Å²) in [6.45, 7) is 4.18. The molecule has 1 aromatic carbocycles. The fourth-order valence-electron chi connectivity index (χ4n) is 2.97. The summed E-state index contributed by atoms with van der Waals surface area (Å²) < 4.78 is 2.79. The molecule has 0 fully saturated rings. The van der Waals surface area contributed by atoms with E-state index in [1.165, 1.54) is 0 Å². The van der Waals surface area contributed by atoms with Gasteiger partial charge >= 0.3 is 5.97 Å². The van der Waals surface area contributed by atoms with Crippen molar-refractivity contribution in [2.75, 3.05) is 0 Å². The van der Waals surface area contributed by atoms with E-state index in [-0.39, 0.29) is 5.69 Å². The highest BCUT2D eigenvalue weighted by Gasteiger charge is 2.28. The Morgan fingerprint density at radius 1 is 1.48 bits per heavy atom. The maximum Gasteiger partial charge on any atom is 0.356 e. The Morgan fingerprint density at radius 2 is 2.24 bits per heavy atom. The number of fused-ring (bicyclic) bond motifs is 1. The van der Waals surface area contributed by atoms with Crippen LogP contribution in [0.25, 0.3) is 5.69 Å². The van der Waals surface area contributed by atoms with Gasteiger partial charge in [-0.25, -0.2) is 9.48 Å². The van der Waals surface area contributed by atoms with Crippen molar-refractivity contribution < 1.29 is 9.90 Å². The highest BCUT2D eigenvalue weighted by molar-refractivity contribution is 9.10. The Hall–Kier alpha value is -1.62. The maximum atomic E-state index is 11.5. The predicted octanol–water partition coefficient (Wildman–Crippen LogP) is 3.77. The van der Waals surface area contributed by atoms with E-state index in [4.69, 9.17) is 0 Å². The fraction of sp³-hybridized carbons (Fsp3) is 0.375. The van der Waals surface area contributed by atoms with E-state index in [0.717, 1.165) is 46.2 Å².